The van der Waals surface area contributed by atoms with E-state index in [9.17, 15) is 18.7 Å². The van der Waals surface area contributed by atoms with Gasteiger partial charge in [-0.2, -0.15) is 0 Å². The van der Waals surface area contributed by atoms with Gasteiger partial charge in [0.2, 0.25) is 17.3 Å². The van der Waals surface area contributed by atoms with Crippen molar-refractivity contribution >= 4 is 23.1 Å². The highest BCUT2D eigenvalue weighted by molar-refractivity contribution is 6.43. The number of hydrogen-bond acceptors (Lipinski definition) is 5. The van der Waals surface area contributed by atoms with Crippen LogP contribution in [0.5, 0.6) is 11.6 Å². The monoisotopic (exact) mass is 390 g/mol. The fraction of sp³-hybridized carbons (Fsp3) is 0.211. The van der Waals surface area contributed by atoms with Crippen LogP contribution in [-0.4, -0.2) is 42.5 Å². The van der Waals surface area contributed by atoms with Crippen molar-refractivity contribution in [3.8, 4) is 11.6 Å². The molecule has 1 aliphatic rings. The molecule has 0 bridgehead atoms. The number of halogens is 2. The first kappa shape index (κ1) is 19.4. The fourth-order valence-electron chi connectivity index (χ4n) is 3.05. The van der Waals surface area contributed by atoms with Crippen molar-refractivity contribution in [2.75, 3.05) is 20.8 Å². The van der Waals surface area contributed by atoms with Gasteiger partial charge >= 0.3 is 5.97 Å². The zero-order valence-corrected chi connectivity index (χ0v) is 15.4. The van der Waals surface area contributed by atoms with Gasteiger partial charge in [-0.1, -0.05) is 11.2 Å². The van der Waals surface area contributed by atoms with Gasteiger partial charge in [0.15, 0.2) is 17.3 Å². The second-order valence-corrected chi connectivity index (χ2v) is 6.01. The molecule has 2 heterocycles. The Hall–Kier alpha value is -3.33. The highest BCUT2D eigenvalue weighted by Gasteiger charge is 2.45. The largest absolute Gasteiger partial charge is 0.496 e. The van der Waals surface area contributed by atoms with Crippen LogP contribution in [0.2, 0.25) is 0 Å². The number of nitrogens with zero attached hydrogens (tertiary/aromatic N) is 3. The van der Waals surface area contributed by atoms with Gasteiger partial charge < -0.3 is 14.6 Å². The first-order chi connectivity index (χ1) is 13.3. The summed E-state index contributed by atoms with van der Waals surface area (Å²) in [5.74, 6) is -2.45. The van der Waals surface area contributed by atoms with E-state index in [0.29, 0.717) is 23.8 Å². The van der Waals surface area contributed by atoms with Crippen LogP contribution < -0.4 is 14.1 Å². The minimum Gasteiger partial charge on any atom is -0.496 e. The molecule has 28 heavy (non-hydrogen) atoms. The maximum atomic E-state index is 14.5. The van der Waals surface area contributed by atoms with E-state index in [1.54, 1.807) is 6.92 Å². The van der Waals surface area contributed by atoms with Gasteiger partial charge in [0.25, 0.3) is 0 Å². The minimum absolute atomic E-state index is 0.189. The van der Waals surface area contributed by atoms with Crippen molar-refractivity contribution in [3.63, 3.8) is 0 Å². The quantitative estimate of drug-likeness (QED) is 0.766. The Morgan fingerprint density at radius 1 is 1.29 bits per heavy atom. The maximum absolute atomic E-state index is 14.5. The van der Waals surface area contributed by atoms with Crippen LogP contribution in [0, 0.1) is 11.6 Å². The summed E-state index contributed by atoms with van der Waals surface area (Å²) in [6.45, 7) is 2.18. The van der Waals surface area contributed by atoms with E-state index in [1.807, 2.05) is 0 Å². The molecule has 1 unspecified atom stereocenters. The second-order valence-electron chi connectivity index (χ2n) is 6.01. The third-order valence-corrected chi connectivity index (χ3v) is 4.27. The van der Waals surface area contributed by atoms with Gasteiger partial charge in [-0.3, -0.25) is 0 Å². The van der Waals surface area contributed by atoms with Crippen LogP contribution in [0.4, 0.5) is 14.5 Å². The third kappa shape index (κ3) is 3.20. The summed E-state index contributed by atoms with van der Waals surface area (Å²) in [7, 11) is 2.80. The molecule has 9 heteroatoms. The number of methoxy groups -OCH3 is 1. The van der Waals surface area contributed by atoms with Crippen molar-refractivity contribution in [3.05, 3.63) is 53.7 Å². The molecule has 0 spiro atoms. The number of carboxylic acid groups (broad SMARTS) is 1. The van der Waals surface area contributed by atoms with Crippen LogP contribution in [0.3, 0.4) is 0 Å². The topological polar surface area (TPSA) is 81.0 Å². The standard InChI is InChI=1S/C19H17F2N3O4/c1-4-28-17-9-16(27-3)11(10-22-17)15-8-14(19(25)26)23-24(15,2)18-12(20)6-5-7-13(18)21/h5-10H,4H2,1-3H3/p+1. The number of carboxylic acids is 1. The molecule has 0 amide bonds. The zero-order valence-electron chi connectivity index (χ0n) is 15.4. The first-order valence-electron chi connectivity index (χ1n) is 8.36. The van der Waals surface area contributed by atoms with Gasteiger partial charge in [-0.05, 0) is 19.1 Å². The molecule has 1 aromatic carbocycles. The van der Waals surface area contributed by atoms with E-state index in [1.165, 1.54) is 38.6 Å². The number of pyridine rings is 1. The number of para-hydroxylation sites is 1. The van der Waals surface area contributed by atoms with E-state index in [0.717, 1.165) is 12.1 Å². The summed E-state index contributed by atoms with van der Waals surface area (Å²) in [5.41, 5.74) is -0.248. The molecule has 0 aliphatic carbocycles. The molecule has 1 aliphatic heterocycles. The third-order valence-electron chi connectivity index (χ3n) is 4.27. The molecular formula is C19H18F2N3O4+. The molecule has 1 N–H and O–H groups in total. The maximum Gasteiger partial charge on any atom is 0.360 e. The molecule has 1 atom stereocenters. The Kier molecular flexibility index (Phi) is 5.10. The SMILES string of the molecule is CCOc1cc(OC)c(C2=CC(C(=O)O)=N[N+]2(C)c2c(F)cccc2F)cn1. The number of aromatic nitrogens is 1. The molecule has 146 valence electrons. The second kappa shape index (κ2) is 7.35. The van der Waals surface area contributed by atoms with E-state index >= 15 is 0 Å². The molecule has 1 aromatic heterocycles. The highest BCUT2D eigenvalue weighted by atomic mass is 19.1. The fourth-order valence-corrected chi connectivity index (χ4v) is 3.05. The van der Waals surface area contributed by atoms with Gasteiger partial charge in [0.05, 0.1) is 19.3 Å². The molecule has 0 saturated carbocycles. The lowest BCUT2D eigenvalue weighted by atomic mass is 10.1. The van der Waals surface area contributed by atoms with Crippen molar-refractivity contribution in [1.82, 2.24) is 9.58 Å². The van der Waals surface area contributed by atoms with E-state index in [-0.39, 0.29) is 11.4 Å². The van der Waals surface area contributed by atoms with Crippen molar-refractivity contribution in [2.24, 2.45) is 5.10 Å². The van der Waals surface area contributed by atoms with Crippen LogP contribution in [-0.2, 0) is 4.79 Å². The van der Waals surface area contributed by atoms with Crippen molar-refractivity contribution in [2.45, 2.75) is 6.92 Å². The van der Waals surface area contributed by atoms with Gasteiger partial charge in [0.1, 0.15) is 12.8 Å². The predicted molar refractivity (Wildman–Crippen MR) is 99.1 cm³/mol. The number of ether oxygens (including phenoxy) is 2. The summed E-state index contributed by atoms with van der Waals surface area (Å²) in [6.07, 6.45) is 2.64. The average Bonchev–Trinajstić information content (AvgIpc) is 3.00. The molecular weight excluding hydrogens is 372 g/mol. The minimum atomic E-state index is -1.33. The molecule has 7 nitrogen and oxygen atoms in total. The van der Waals surface area contributed by atoms with Gasteiger partial charge in [-0.15, -0.1) is 4.59 Å². The van der Waals surface area contributed by atoms with Crippen LogP contribution in [0.1, 0.15) is 12.5 Å². The lowest BCUT2D eigenvalue weighted by molar-refractivity contribution is -0.129. The Balaban J connectivity index is 2.24. The summed E-state index contributed by atoms with van der Waals surface area (Å²) in [6, 6.07) is 4.91. The highest BCUT2D eigenvalue weighted by Crippen LogP contribution is 2.43. The normalized spacial score (nSPS) is 18.5. The van der Waals surface area contributed by atoms with Crippen molar-refractivity contribution < 1.29 is 28.2 Å². The van der Waals surface area contributed by atoms with Gasteiger partial charge in [-0.25, -0.2) is 18.6 Å². The number of hydrogen-bond donors (Lipinski definition) is 1. The molecule has 2 aromatic rings. The van der Waals surface area contributed by atoms with Gasteiger partial charge in [0, 0.05) is 18.3 Å². The Bertz CT molecular complexity index is 986. The molecule has 0 fully saturated rings. The molecule has 0 radical (unpaired) electrons. The number of benzene rings is 1. The van der Waals surface area contributed by atoms with Crippen molar-refractivity contribution in [1.29, 1.82) is 0 Å². The summed E-state index contributed by atoms with van der Waals surface area (Å²) < 4.78 is 39.0. The Morgan fingerprint density at radius 3 is 2.54 bits per heavy atom. The number of quaternary nitrogens is 1. The lowest BCUT2D eigenvalue weighted by Crippen LogP contribution is -2.37. The van der Waals surface area contributed by atoms with Crippen LogP contribution >= 0.6 is 0 Å². The predicted octanol–water partition coefficient (Wildman–Crippen LogP) is 3.20. The van der Waals surface area contributed by atoms with Crippen LogP contribution in [0.25, 0.3) is 5.70 Å². The number of rotatable bonds is 6. The zero-order chi connectivity index (χ0) is 20.5. The van der Waals surface area contributed by atoms with E-state index < -0.39 is 27.9 Å². The van der Waals surface area contributed by atoms with E-state index in [2.05, 4.69) is 10.1 Å². The molecule has 0 saturated heterocycles. The smallest absolute Gasteiger partial charge is 0.360 e. The average molecular weight is 390 g/mol. The lowest BCUT2D eigenvalue weighted by Gasteiger charge is -2.27. The van der Waals surface area contributed by atoms with Crippen LogP contribution in [0.15, 0.2) is 41.6 Å². The number of aliphatic carboxylic acids is 1. The summed E-state index contributed by atoms with van der Waals surface area (Å²) in [5, 5.41) is 13.5. The summed E-state index contributed by atoms with van der Waals surface area (Å²) in [4.78, 5) is 15.7. The van der Waals surface area contributed by atoms with E-state index in [4.69, 9.17) is 9.47 Å². The Labute approximate surface area is 159 Å². The Morgan fingerprint density at radius 2 is 1.96 bits per heavy atom. The summed E-state index contributed by atoms with van der Waals surface area (Å²) >= 11 is 0. The molecule has 3 rings (SSSR count). The first-order valence-corrected chi connectivity index (χ1v) is 8.36. The number of carbonyl (C=O) groups is 1.